The monoisotopic (exact) mass is 398 g/mol. The maximum atomic E-state index is 11.7. The van der Waals surface area contributed by atoms with E-state index in [1.165, 1.54) is 14.2 Å². The number of nitrogens with one attached hydrogen (secondary N) is 2. The molecule has 0 atom stereocenters. The second-order valence-electron chi connectivity index (χ2n) is 5.84. The Morgan fingerprint density at radius 1 is 0.929 bits per heavy atom. The number of amides is 2. The van der Waals surface area contributed by atoms with Gasteiger partial charge in [-0.15, -0.1) is 0 Å². The molecule has 0 aromatic heterocycles. The average molecular weight is 398 g/mol. The van der Waals surface area contributed by atoms with Crippen molar-refractivity contribution in [3.05, 3.63) is 30.3 Å². The molecule has 0 heterocycles. The highest BCUT2D eigenvalue weighted by Crippen LogP contribution is 2.07. The molecule has 0 aliphatic rings. The van der Waals surface area contributed by atoms with E-state index < -0.39 is 0 Å². The number of para-hydroxylation sites is 1. The van der Waals surface area contributed by atoms with Gasteiger partial charge in [0.1, 0.15) is 0 Å². The molecule has 160 valence electrons. The Labute approximate surface area is 168 Å². The maximum Gasteiger partial charge on any atom is 0.305 e. The van der Waals surface area contributed by atoms with E-state index in [0.717, 1.165) is 12.1 Å². The zero-order chi connectivity index (χ0) is 21.0. The summed E-state index contributed by atoms with van der Waals surface area (Å²) in [7, 11) is 2.68. The van der Waals surface area contributed by atoms with Crippen molar-refractivity contribution in [2.45, 2.75) is 44.9 Å². The van der Waals surface area contributed by atoms with Gasteiger partial charge in [0.05, 0.1) is 14.2 Å². The van der Waals surface area contributed by atoms with Gasteiger partial charge in [0.2, 0.25) is 11.8 Å². The van der Waals surface area contributed by atoms with Crippen molar-refractivity contribution in [1.29, 1.82) is 0 Å². The Hall–Kier alpha value is -2.90. The number of carbonyl (C=O) groups excluding carboxylic acids is 4. The molecule has 2 amide bonds. The zero-order valence-electron chi connectivity index (χ0n) is 16.6. The molecule has 8 heteroatoms. The number of unbranched alkanes of at least 4 members (excludes halogenated alkanes) is 2. The van der Waals surface area contributed by atoms with Gasteiger partial charge in [0.25, 0.3) is 6.47 Å². The van der Waals surface area contributed by atoms with Gasteiger partial charge in [-0.1, -0.05) is 18.2 Å². The molecule has 0 saturated heterocycles. The molecule has 1 aromatic rings. The number of esters is 1. The van der Waals surface area contributed by atoms with Crippen LogP contribution < -0.4 is 10.6 Å². The molecular weight excluding hydrogens is 364 g/mol. The van der Waals surface area contributed by atoms with Crippen molar-refractivity contribution < 1.29 is 31.5 Å². The van der Waals surface area contributed by atoms with Crippen molar-refractivity contribution >= 4 is 29.9 Å². The number of ether oxygens (including phenoxy) is 2. The molecule has 8 nitrogen and oxygen atoms in total. The van der Waals surface area contributed by atoms with E-state index in [2.05, 4.69) is 20.1 Å². The van der Waals surface area contributed by atoms with Gasteiger partial charge in [-0.05, 0) is 37.8 Å². The number of carbonyl (C=O) groups is 4. The number of benzene rings is 1. The lowest BCUT2D eigenvalue weighted by molar-refractivity contribution is -0.140. The number of anilines is 1. The van der Waals surface area contributed by atoms with Crippen LogP contribution in [0.2, 0.25) is 0 Å². The van der Waals surface area contributed by atoms with E-state index in [1.54, 1.807) is 0 Å². The van der Waals surface area contributed by atoms with Gasteiger partial charge in [0.15, 0.2) is 0 Å². The van der Waals surface area contributed by atoms with Crippen LogP contribution >= 0.6 is 0 Å². The van der Waals surface area contributed by atoms with E-state index in [4.69, 9.17) is 4.79 Å². The Morgan fingerprint density at radius 2 is 1.50 bits per heavy atom. The van der Waals surface area contributed by atoms with Gasteiger partial charge in [-0.25, -0.2) is 0 Å². The first-order valence-corrected chi connectivity index (χ1v) is 9.18. The van der Waals surface area contributed by atoms with Crippen LogP contribution in [0.5, 0.6) is 0 Å². The van der Waals surface area contributed by atoms with Crippen molar-refractivity contribution in [3.8, 4) is 0 Å². The first kappa shape index (κ1) is 25.1. The summed E-state index contributed by atoms with van der Waals surface area (Å²) in [6.45, 7) is 0.935. The smallest absolute Gasteiger partial charge is 0.305 e. The molecular formula is C20H34N2O6. The summed E-state index contributed by atoms with van der Waals surface area (Å²) in [5, 5.41) is 5.63. The Morgan fingerprint density at radius 3 is 2.07 bits per heavy atom. The molecule has 2 N–H and O–H groups in total. The Balaban J connectivity index is -0.00000111. The Bertz CT molecular complexity index is 588. The van der Waals surface area contributed by atoms with Gasteiger partial charge in [0, 0.05) is 34.3 Å². The molecule has 1 rings (SSSR count). The molecule has 0 aliphatic heterocycles. The summed E-state index contributed by atoms with van der Waals surface area (Å²) in [4.78, 5) is 43.2. The van der Waals surface area contributed by atoms with Crippen LogP contribution in [-0.4, -0.2) is 45.0 Å². The van der Waals surface area contributed by atoms with E-state index in [1.807, 2.05) is 30.3 Å². The van der Waals surface area contributed by atoms with Crippen molar-refractivity contribution in [3.63, 3.8) is 0 Å². The fourth-order valence-corrected chi connectivity index (χ4v) is 2.13. The third kappa shape index (κ3) is 15.4. The summed E-state index contributed by atoms with van der Waals surface area (Å²) < 4.78 is 8.40. The van der Waals surface area contributed by atoms with Crippen LogP contribution in [0.3, 0.4) is 0 Å². The predicted molar refractivity (Wildman–Crippen MR) is 110 cm³/mol. The molecule has 28 heavy (non-hydrogen) atoms. The number of hydrogen-bond acceptors (Lipinski definition) is 6. The second kappa shape index (κ2) is 17.5. The predicted octanol–water partition coefficient (Wildman–Crippen LogP) is 2.93. The van der Waals surface area contributed by atoms with Gasteiger partial charge in [-0.3, -0.25) is 19.2 Å². The molecule has 0 unspecified atom stereocenters. The van der Waals surface area contributed by atoms with Crippen LogP contribution in [0.25, 0.3) is 0 Å². The lowest BCUT2D eigenvalue weighted by atomic mass is 10.1. The lowest BCUT2D eigenvalue weighted by Gasteiger charge is -2.06. The minimum absolute atomic E-state index is 0. The van der Waals surface area contributed by atoms with E-state index in [9.17, 15) is 14.4 Å². The van der Waals surface area contributed by atoms with E-state index >= 15 is 0 Å². The number of hydrogen-bond donors (Lipinski definition) is 2. The second-order valence-corrected chi connectivity index (χ2v) is 5.84. The summed E-state index contributed by atoms with van der Waals surface area (Å²) >= 11 is 0. The summed E-state index contributed by atoms with van der Waals surface area (Å²) in [6, 6.07) is 9.30. The van der Waals surface area contributed by atoms with Gasteiger partial charge < -0.3 is 20.1 Å². The normalized spacial score (nSPS) is 9.36. The van der Waals surface area contributed by atoms with Crippen molar-refractivity contribution in [2.24, 2.45) is 0 Å². The van der Waals surface area contributed by atoms with Crippen LogP contribution in [0.4, 0.5) is 5.69 Å². The van der Waals surface area contributed by atoms with Crippen LogP contribution in [0.15, 0.2) is 30.3 Å². The Kier molecular flexibility index (Phi) is 15.7. The summed E-state index contributed by atoms with van der Waals surface area (Å²) in [5.74, 6) is -0.281. The summed E-state index contributed by atoms with van der Waals surface area (Å²) in [5.41, 5.74) is 0.784. The largest absolute Gasteiger partial charge is 0.471 e. The van der Waals surface area contributed by atoms with Crippen LogP contribution in [0, 0.1) is 0 Å². The van der Waals surface area contributed by atoms with E-state index in [0.29, 0.717) is 51.5 Å². The fraction of sp³-hybridized carbons (Fsp3) is 0.500. The zero-order valence-corrected chi connectivity index (χ0v) is 16.6. The summed E-state index contributed by atoms with van der Waals surface area (Å²) in [6.07, 6.45) is 4.00. The van der Waals surface area contributed by atoms with Crippen LogP contribution in [-0.2, 0) is 28.7 Å². The van der Waals surface area contributed by atoms with Gasteiger partial charge in [-0.2, -0.15) is 0 Å². The third-order valence-corrected chi connectivity index (χ3v) is 3.57. The first-order valence-electron chi connectivity index (χ1n) is 9.18. The van der Waals surface area contributed by atoms with E-state index in [-0.39, 0.29) is 20.6 Å². The standard InChI is InChI=1S/C18H26N2O4.C2H4O2.2H2/c1-24-18(23)13-7-8-14-19-16(21)11-5-6-12-17(22)20-15-9-3-2-4-10-15;1-4-2-3;;/h2-4,9-10H,5-8,11-14H2,1H3,(H,19,21)(H,20,22);2H,1H3;2*1H. The number of rotatable bonds is 12. The minimum atomic E-state index is -0.227. The van der Waals surface area contributed by atoms with Crippen molar-refractivity contribution in [2.75, 3.05) is 26.1 Å². The maximum absolute atomic E-state index is 11.7. The molecule has 0 bridgehead atoms. The quantitative estimate of drug-likeness (QED) is 0.318. The molecule has 0 saturated carbocycles. The molecule has 0 fully saturated rings. The number of methoxy groups -OCH3 is 2. The highest BCUT2D eigenvalue weighted by molar-refractivity contribution is 5.90. The SMILES string of the molecule is COC(=O)CCCCNC(=O)CCCCC(=O)Nc1ccccc1.COC=O.[HH].[HH]. The highest BCUT2D eigenvalue weighted by Gasteiger charge is 2.05. The highest BCUT2D eigenvalue weighted by atomic mass is 16.5. The molecule has 0 spiro atoms. The molecule has 0 aliphatic carbocycles. The van der Waals surface area contributed by atoms with Crippen molar-refractivity contribution in [1.82, 2.24) is 5.32 Å². The third-order valence-electron chi connectivity index (χ3n) is 3.57. The topological polar surface area (TPSA) is 111 Å². The van der Waals surface area contributed by atoms with Gasteiger partial charge >= 0.3 is 5.97 Å². The average Bonchev–Trinajstić information content (AvgIpc) is 2.71. The molecule has 0 radical (unpaired) electrons. The lowest BCUT2D eigenvalue weighted by Crippen LogP contribution is -2.24. The van der Waals surface area contributed by atoms with Crippen LogP contribution in [0.1, 0.15) is 47.8 Å². The first-order chi connectivity index (χ1) is 13.5. The molecule has 1 aromatic carbocycles. The fourth-order valence-electron chi connectivity index (χ4n) is 2.13. The minimum Gasteiger partial charge on any atom is -0.471 e.